The van der Waals surface area contributed by atoms with Crippen LogP contribution in [0.2, 0.25) is 0 Å². The van der Waals surface area contributed by atoms with Crippen molar-refractivity contribution in [1.82, 2.24) is 9.99 Å². The predicted molar refractivity (Wildman–Crippen MR) is 118 cm³/mol. The molecule has 3 aromatic rings. The number of carbonyl (C=O) groups is 1. The number of carbonyl (C=O) groups excluding carboxylic acids is 1. The number of rotatable bonds is 6. The van der Waals surface area contributed by atoms with Gasteiger partial charge in [-0.15, -0.1) is 0 Å². The van der Waals surface area contributed by atoms with Crippen molar-refractivity contribution in [3.63, 3.8) is 0 Å². The van der Waals surface area contributed by atoms with Crippen LogP contribution in [0.25, 0.3) is 5.69 Å². The van der Waals surface area contributed by atoms with Gasteiger partial charge in [0.05, 0.1) is 26.0 Å². The van der Waals surface area contributed by atoms with E-state index in [-0.39, 0.29) is 5.91 Å². The molecular weight excluding hydrogens is 434 g/mol. The van der Waals surface area contributed by atoms with E-state index in [1.807, 2.05) is 44.2 Å². The molecule has 0 atom stereocenters. The molecule has 0 unspecified atom stereocenters. The fraction of sp³-hybridized carbons (Fsp3) is 0.182. The molecule has 1 amide bonds. The van der Waals surface area contributed by atoms with E-state index in [1.165, 1.54) is 7.11 Å². The quantitative estimate of drug-likeness (QED) is 0.434. The zero-order valence-corrected chi connectivity index (χ0v) is 18.3. The van der Waals surface area contributed by atoms with E-state index in [0.29, 0.717) is 17.1 Å². The lowest BCUT2D eigenvalue weighted by Gasteiger charge is -2.09. The number of benzene rings is 2. The highest BCUT2D eigenvalue weighted by atomic mass is 79.9. The molecule has 29 heavy (non-hydrogen) atoms. The maximum Gasteiger partial charge on any atom is 0.275 e. The van der Waals surface area contributed by atoms with E-state index in [4.69, 9.17) is 9.47 Å². The number of hydrogen-bond acceptors (Lipinski definition) is 4. The molecule has 0 aliphatic rings. The number of nitrogens with zero attached hydrogens (tertiary/aromatic N) is 2. The average Bonchev–Trinajstić information content (AvgIpc) is 3.01. The van der Waals surface area contributed by atoms with Crippen molar-refractivity contribution in [2.24, 2.45) is 5.10 Å². The lowest BCUT2D eigenvalue weighted by Crippen LogP contribution is -2.18. The van der Waals surface area contributed by atoms with Gasteiger partial charge in [-0.3, -0.25) is 4.79 Å². The molecule has 0 radical (unpaired) electrons. The van der Waals surface area contributed by atoms with Crippen LogP contribution in [0, 0.1) is 13.8 Å². The van der Waals surface area contributed by atoms with Gasteiger partial charge in [-0.05, 0) is 56.3 Å². The smallest absolute Gasteiger partial charge is 0.275 e. The second kappa shape index (κ2) is 8.96. The molecule has 0 bridgehead atoms. The molecule has 0 aliphatic heterocycles. The number of methoxy groups -OCH3 is 2. The number of hydrazone groups is 1. The first-order valence-electron chi connectivity index (χ1n) is 8.95. The largest absolute Gasteiger partial charge is 0.497 e. The van der Waals surface area contributed by atoms with Crippen molar-refractivity contribution in [1.29, 1.82) is 0 Å². The Labute approximate surface area is 178 Å². The maximum atomic E-state index is 12.5. The number of amides is 1. The monoisotopic (exact) mass is 455 g/mol. The molecule has 0 spiro atoms. The third kappa shape index (κ3) is 4.51. The molecule has 0 aliphatic carbocycles. The number of halogens is 1. The molecule has 0 saturated heterocycles. The van der Waals surface area contributed by atoms with Gasteiger partial charge in [-0.25, -0.2) is 5.43 Å². The van der Waals surface area contributed by atoms with Gasteiger partial charge in [0.1, 0.15) is 11.5 Å². The second-order valence-corrected chi connectivity index (χ2v) is 7.32. The predicted octanol–water partition coefficient (Wildman–Crippen LogP) is 4.64. The first kappa shape index (κ1) is 20.7. The van der Waals surface area contributed by atoms with E-state index in [2.05, 4.69) is 31.0 Å². The van der Waals surface area contributed by atoms with Crippen LogP contribution in [0.5, 0.6) is 11.5 Å². The topological polar surface area (TPSA) is 64.8 Å². The highest BCUT2D eigenvalue weighted by Crippen LogP contribution is 2.24. The Kier molecular flexibility index (Phi) is 6.39. The van der Waals surface area contributed by atoms with Crippen molar-refractivity contribution in [2.45, 2.75) is 13.8 Å². The summed E-state index contributed by atoms with van der Waals surface area (Å²) in [5, 5.41) is 4.13. The third-order valence-corrected chi connectivity index (χ3v) is 5.11. The fourth-order valence-electron chi connectivity index (χ4n) is 3.11. The Balaban J connectivity index is 1.78. The fourth-order valence-corrected chi connectivity index (χ4v) is 3.38. The summed E-state index contributed by atoms with van der Waals surface area (Å²) in [6.07, 6.45) is 1.64. The van der Waals surface area contributed by atoms with E-state index in [1.54, 1.807) is 31.5 Å². The van der Waals surface area contributed by atoms with Crippen LogP contribution in [0.15, 0.2) is 58.1 Å². The molecule has 1 N–H and O–H groups in total. The van der Waals surface area contributed by atoms with Gasteiger partial charge < -0.3 is 14.0 Å². The van der Waals surface area contributed by atoms with Crippen LogP contribution in [0.4, 0.5) is 0 Å². The SMILES string of the molecule is COc1ccc(C(=O)NN=Cc2cc(C)n(-c3ccc(Br)cc3)c2C)c(OC)c1. The highest BCUT2D eigenvalue weighted by molar-refractivity contribution is 9.10. The van der Waals surface area contributed by atoms with E-state index in [9.17, 15) is 4.79 Å². The molecule has 0 saturated carbocycles. The van der Waals surface area contributed by atoms with Gasteiger partial charge in [0.15, 0.2) is 0 Å². The summed E-state index contributed by atoms with van der Waals surface area (Å²) in [6, 6.07) is 15.1. The molecule has 2 aromatic carbocycles. The molecule has 0 fully saturated rings. The Bertz CT molecular complexity index is 1060. The van der Waals surface area contributed by atoms with Crippen LogP contribution in [0.3, 0.4) is 0 Å². The zero-order chi connectivity index (χ0) is 21.0. The van der Waals surface area contributed by atoms with Gasteiger partial charge in [-0.2, -0.15) is 5.10 Å². The van der Waals surface area contributed by atoms with Crippen molar-refractivity contribution in [2.75, 3.05) is 14.2 Å². The minimum absolute atomic E-state index is 0.359. The minimum atomic E-state index is -0.359. The number of hydrogen-bond donors (Lipinski definition) is 1. The standard InChI is InChI=1S/C22H22BrN3O3/c1-14-11-16(15(2)26(14)18-7-5-17(23)6-8-18)13-24-25-22(27)20-10-9-19(28-3)12-21(20)29-4/h5-13H,1-4H3,(H,25,27). The third-order valence-electron chi connectivity index (χ3n) is 4.58. The van der Waals surface area contributed by atoms with Crippen molar-refractivity contribution in [3.8, 4) is 17.2 Å². The first-order chi connectivity index (χ1) is 13.9. The van der Waals surface area contributed by atoms with Gasteiger partial charge >= 0.3 is 0 Å². The summed E-state index contributed by atoms with van der Waals surface area (Å²) in [7, 11) is 3.06. The highest BCUT2D eigenvalue weighted by Gasteiger charge is 2.13. The number of aromatic nitrogens is 1. The normalized spacial score (nSPS) is 10.9. The number of aryl methyl sites for hydroxylation is 1. The Morgan fingerprint density at radius 2 is 1.79 bits per heavy atom. The Morgan fingerprint density at radius 3 is 2.45 bits per heavy atom. The summed E-state index contributed by atoms with van der Waals surface area (Å²) < 4.78 is 13.6. The molecule has 3 rings (SSSR count). The summed E-state index contributed by atoms with van der Waals surface area (Å²) >= 11 is 3.46. The van der Waals surface area contributed by atoms with E-state index in [0.717, 1.165) is 27.1 Å². The molecule has 6 nitrogen and oxygen atoms in total. The van der Waals surface area contributed by atoms with Crippen LogP contribution < -0.4 is 14.9 Å². The van der Waals surface area contributed by atoms with Gasteiger partial charge in [0, 0.05) is 33.2 Å². The van der Waals surface area contributed by atoms with Crippen molar-refractivity contribution < 1.29 is 14.3 Å². The summed E-state index contributed by atoms with van der Waals surface area (Å²) in [6.45, 7) is 4.05. The van der Waals surface area contributed by atoms with Crippen LogP contribution in [0.1, 0.15) is 27.3 Å². The summed E-state index contributed by atoms with van der Waals surface area (Å²) in [4.78, 5) is 12.5. The Morgan fingerprint density at radius 1 is 1.07 bits per heavy atom. The Hall–Kier alpha value is -3.06. The summed E-state index contributed by atoms with van der Waals surface area (Å²) in [5.74, 6) is 0.676. The molecule has 1 heterocycles. The molecule has 1 aromatic heterocycles. The lowest BCUT2D eigenvalue weighted by molar-refractivity contribution is 0.0952. The number of ether oxygens (including phenoxy) is 2. The van der Waals surface area contributed by atoms with Crippen LogP contribution in [-0.4, -0.2) is 30.9 Å². The van der Waals surface area contributed by atoms with Gasteiger partial charge in [0.25, 0.3) is 5.91 Å². The summed E-state index contributed by atoms with van der Waals surface area (Å²) in [5.41, 5.74) is 7.04. The van der Waals surface area contributed by atoms with E-state index < -0.39 is 0 Å². The minimum Gasteiger partial charge on any atom is -0.497 e. The maximum absolute atomic E-state index is 12.5. The van der Waals surface area contributed by atoms with Gasteiger partial charge in [0.2, 0.25) is 0 Å². The first-order valence-corrected chi connectivity index (χ1v) is 9.74. The molecule has 150 valence electrons. The zero-order valence-electron chi connectivity index (χ0n) is 16.7. The molecule has 7 heteroatoms. The molecular formula is C22H22BrN3O3. The van der Waals surface area contributed by atoms with Crippen LogP contribution >= 0.6 is 15.9 Å². The number of nitrogens with one attached hydrogen (secondary N) is 1. The van der Waals surface area contributed by atoms with Crippen molar-refractivity contribution >= 4 is 28.1 Å². The van der Waals surface area contributed by atoms with E-state index >= 15 is 0 Å². The van der Waals surface area contributed by atoms with Crippen LogP contribution in [-0.2, 0) is 0 Å². The van der Waals surface area contributed by atoms with Gasteiger partial charge in [-0.1, -0.05) is 15.9 Å². The van der Waals surface area contributed by atoms with Crippen molar-refractivity contribution in [3.05, 3.63) is 75.5 Å². The lowest BCUT2D eigenvalue weighted by atomic mass is 10.2. The second-order valence-electron chi connectivity index (χ2n) is 6.40. The average molecular weight is 456 g/mol.